The van der Waals surface area contributed by atoms with Crippen LogP contribution in [0.2, 0.25) is 13.1 Å². The van der Waals surface area contributed by atoms with Crippen molar-refractivity contribution in [3.8, 4) is 0 Å². The fourth-order valence-electron chi connectivity index (χ4n) is 1.81. The predicted octanol–water partition coefficient (Wildman–Crippen LogP) is 1.58. The topological polar surface area (TPSA) is 52.6 Å². The maximum atomic E-state index is 12.1. The standard InChI is InChI=1S/C11H16O4SSi/c1-17(2)14-8-10(15-17)9-16(12,13)11-6-4-3-5-7-11/h3-7,10H,8-9H2,1-2H3. The second-order valence-corrected chi connectivity index (χ2v) is 9.90. The van der Waals surface area contributed by atoms with Crippen LogP contribution in [0.25, 0.3) is 0 Å². The average Bonchev–Trinajstić information content (AvgIpc) is 2.58. The number of benzene rings is 1. The molecular weight excluding hydrogens is 256 g/mol. The highest BCUT2D eigenvalue weighted by Gasteiger charge is 2.38. The van der Waals surface area contributed by atoms with Gasteiger partial charge < -0.3 is 8.85 Å². The highest BCUT2D eigenvalue weighted by Crippen LogP contribution is 2.22. The van der Waals surface area contributed by atoms with Crippen LogP contribution in [-0.2, 0) is 18.7 Å². The fourth-order valence-corrected chi connectivity index (χ4v) is 4.96. The van der Waals surface area contributed by atoms with Crippen molar-refractivity contribution < 1.29 is 17.3 Å². The van der Waals surface area contributed by atoms with Crippen LogP contribution in [0.5, 0.6) is 0 Å². The third-order valence-electron chi connectivity index (χ3n) is 2.57. The Kier molecular flexibility index (Phi) is 3.40. The molecule has 1 aliphatic rings. The van der Waals surface area contributed by atoms with Gasteiger partial charge in [0.05, 0.1) is 23.4 Å². The number of hydrogen-bond donors (Lipinski definition) is 0. The van der Waals surface area contributed by atoms with Gasteiger partial charge in [0.25, 0.3) is 0 Å². The lowest BCUT2D eigenvalue weighted by Crippen LogP contribution is -2.30. The van der Waals surface area contributed by atoms with E-state index in [2.05, 4.69) is 0 Å². The Labute approximate surface area is 103 Å². The predicted molar refractivity (Wildman–Crippen MR) is 66.8 cm³/mol. The molecule has 1 aromatic rings. The van der Waals surface area contributed by atoms with Gasteiger partial charge in [-0.05, 0) is 25.2 Å². The molecule has 0 saturated carbocycles. The molecule has 0 aromatic heterocycles. The van der Waals surface area contributed by atoms with E-state index in [1.807, 2.05) is 13.1 Å². The lowest BCUT2D eigenvalue weighted by atomic mass is 10.4. The van der Waals surface area contributed by atoms with Gasteiger partial charge in [0, 0.05) is 0 Å². The van der Waals surface area contributed by atoms with Crippen molar-refractivity contribution >= 4 is 18.4 Å². The lowest BCUT2D eigenvalue weighted by molar-refractivity contribution is 0.255. The molecule has 1 aliphatic heterocycles. The van der Waals surface area contributed by atoms with Crippen molar-refractivity contribution in [2.45, 2.75) is 24.1 Å². The minimum absolute atomic E-state index is 0.00650. The third-order valence-corrected chi connectivity index (χ3v) is 6.14. The van der Waals surface area contributed by atoms with Crippen molar-refractivity contribution in [2.75, 3.05) is 12.4 Å². The second kappa shape index (κ2) is 4.53. The molecule has 0 aliphatic carbocycles. The van der Waals surface area contributed by atoms with Gasteiger partial charge in [-0.2, -0.15) is 0 Å². The van der Waals surface area contributed by atoms with Gasteiger partial charge in [0.2, 0.25) is 0 Å². The van der Waals surface area contributed by atoms with Crippen LogP contribution in [0.15, 0.2) is 35.2 Å². The van der Waals surface area contributed by atoms with E-state index in [0.29, 0.717) is 11.5 Å². The van der Waals surface area contributed by atoms with Gasteiger partial charge in [-0.3, -0.25) is 0 Å². The van der Waals surface area contributed by atoms with Crippen molar-refractivity contribution in [1.82, 2.24) is 0 Å². The molecule has 0 radical (unpaired) electrons. The molecule has 1 saturated heterocycles. The Morgan fingerprint density at radius 1 is 1.29 bits per heavy atom. The Morgan fingerprint density at radius 3 is 2.47 bits per heavy atom. The van der Waals surface area contributed by atoms with Gasteiger partial charge >= 0.3 is 8.56 Å². The van der Waals surface area contributed by atoms with Gasteiger partial charge in [-0.1, -0.05) is 18.2 Å². The summed E-state index contributed by atoms with van der Waals surface area (Å²) in [4.78, 5) is 0.343. The van der Waals surface area contributed by atoms with E-state index in [9.17, 15) is 8.42 Å². The quantitative estimate of drug-likeness (QED) is 0.784. The van der Waals surface area contributed by atoms with E-state index in [4.69, 9.17) is 8.85 Å². The van der Waals surface area contributed by atoms with Gasteiger partial charge in [0.1, 0.15) is 0 Å². The molecule has 1 fully saturated rings. The van der Waals surface area contributed by atoms with E-state index in [0.717, 1.165) is 0 Å². The van der Waals surface area contributed by atoms with Crippen molar-refractivity contribution in [3.63, 3.8) is 0 Å². The number of rotatable bonds is 3. The smallest absolute Gasteiger partial charge is 0.332 e. The first-order chi connectivity index (χ1) is 7.89. The number of hydrogen-bond acceptors (Lipinski definition) is 4. The largest absolute Gasteiger partial charge is 0.392 e. The van der Waals surface area contributed by atoms with Crippen LogP contribution in [0.4, 0.5) is 0 Å². The Morgan fingerprint density at radius 2 is 1.94 bits per heavy atom. The normalized spacial score (nSPS) is 23.8. The molecule has 17 heavy (non-hydrogen) atoms. The summed E-state index contributed by atoms with van der Waals surface area (Å²) in [5.74, 6) is -0.00650. The van der Waals surface area contributed by atoms with Crippen LogP contribution in [-0.4, -0.2) is 35.4 Å². The third kappa shape index (κ3) is 3.16. The summed E-state index contributed by atoms with van der Waals surface area (Å²) in [5.41, 5.74) is 0. The molecule has 1 aromatic carbocycles. The van der Waals surface area contributed by atoms with Crippen LogP contribution < -0.4 is 0 Å². The van der Waals surface area contributed by atoms with Crippen LogP contribution in [0.1, 0.15) is 0 Å². The lowest BCUT2D eigenvalue weighted by Gasteiger charge is -2.14. The monoisotopic (exact) mass is 272 g/mol. The summed E-state index contributed by atoms with van der Waals surface area (Å²) in [6, 6.07) is 8.45. The molecule has 2 rings (SSSR count). The van der Waals surface area contributed by atoms with Crippen LogP contribution in [0.3, 0.4) is 0 Å². The highest BCUT2D eigenvalue weighted by atomic mass is 32.2. The zero-order valence-corrected chi connectivity index (χ0v) is 11.7. The highest BCUT2D eigenvalue weighted by molar-refractivity contribution is 7.91. The van der Waals surface area contributed by atoms with Gasteiger partial charge in [0.15, 0.2) is 9.84 Å². The van der Waals surface area contributed by atoms with E-state index in [1.54, 1.807) is 30.3 Å². The van der Waals surface area contributed by atoms with Crippen molar-refractivity contribution in [2.24, 2.45) is 0 Å². The molecular formula is C11H16O4SSi. The Hall–Kier alpha value is -0.693. The zero-order valence-electron chi connectivity index (χ0n) is 9.92. The molecule has 0 amide bonds. The Bertz CT molecular complexity index is 483. The maximum absolute atomic E-state index is 12.1. The molecule has 4 nitrogen and oxygen atoms in total. The first kappa shape index (κ1) is 12.8. The molecule has 1 heterocycles. The first-order valence-corrected chi connectivity index (χ1v) is 9.95. The summed E-state index contributed by atoms with van der Waals surface area (Å²) in [6.07, 6.45) is -0.332. The minimum atomic E-state index is -3.28. The summed E-state index contributed by atoms with van der Waals surface area (Å²) >= 11 is 0. The minimum Gasteiger partial charge on any atom is -0.392 e. The van der Waals surface area contributed by atoms with E-state index in [1.165, 1.54) is 0 Å². The van der Waals surface area contributed by atoms with E-state index in [-0.39, 0.29) is 11.9 Å². The summed E-state index contributed by atoms with van der Waals surface area (Å²) in [5, 5.41) is 0. The second-order valence-electron chi connectivity index (χ2n) is 4.55. The van der Waals surface area contributed by atoms with Crippen LogP contribution >= 0.6 is 0 Å². The maximum Gasteiger partial charge on any atom is 0.332 e. The summed E-state index contributed by atoms with van der Waals surface area (Å²) < 4.78 is 35.3. The molecule has 0 bridgehead atoms. The SMILES string of the molecule is C[Si]1(C)OCC(CS(=O)(=O)c2ccccc2)O1. The van der Waals surface area contributed by atoms with E-state index >= 15 is 0 Å². The molecule has 0 N–H and O–H groups in total. The molecule has 1 unspecified atom stereocenters. The summed E-state index contributed by atoms with van der Waals surface area (Å²) in [6.45, 7) is 4.22. The average molecular weight is 272 g/mol. The molecule has 6 heteroatoms. The zero-order chi connectivity index (χ0) is 12.5. The van der Waals surface area contributed by atoms with Crippen molar-refractivity contribution in [3.05, 3.63) is 30.3 Å². The molecule has 1 atom stereocenters. The van der Waals surface area contributed by atoms with Crippen molar-refractivity contribution in [1.29, 1.82) is 0 Å². The molecule has 94 valence electrons. The van der Waals surface area contributed by atoms with Crippen LogP contribution in [0, 0.1) is 0 Å². The number of sulfone groups is 1. The van der Waals surface area contributed by atoms with E-state index < -0.39 is 18.4 Å². The molecule has 0 spiro atoms. The van der Waals surface area contributed by atoms with Gasteiger partial charge in [-0.15, -0.1) is 0 Å². The van der Waals surface area contributed by atoms with Gasteiger partial charge in [-0.25, -0.2) is 8.42 Å². The fraction of sp³-hybridized carbons (Fsp3) is 0.455. The first-order valence-electron chi connectivity index (χ1n) is 5.49. The Balaban J connectivity index is 2.09. The summed E-state index contributed by atoms with van der Waals surface area (Å²) in [7, 11) is -5.35.